The number of thiophene rings is 1. The molecule has 8 heteroatoms. The number of rotatable bonds is 5. The molecule has 1 aliphatic heterocycles. The summed E-state index contributed by atoms with van der Waals surface area (Å²) in [6.45, 7) is 1.05. The van der Waals surface area contributed by atoms with Crippen molar-refractivity contribution in [3.05, 3.63) is 40.9 Å². The number of benzene rings is 1. The lowest BCUT2D eigenvalue weighted by Crippen LogP contribution is -2.16. The predicted molar refractivity (Wildman–Crippen MR) is 92.0 cm³/mol. The predicted octanol–water partition coefficient (Wildman–Crippen LogP) is 3.14. The minimum atomic E-state index is -0.132. The van der Waals surface area contributed by atoms with E-state index in [-0.39, 0.29) is 12.3 Å². The molecule has 0 bridgehead atoms. The van der Waals surface area contributed by atoms with E-state index >= 15 is 0 Å². The van der Waals surface area contributed by atoms with E-state index in [4.69, 9.17) is 14.0 Å². The summed E-state index contributed by atoms with van der Waals surface area (Å²) in [5.74, 6) is 2.19. The third-order valence-electron chi connectivity index (χ3n) is 3.64. The lowest BCUT2D eigenvalue weighted by molar-refractivity contribution is -0.116. The Balaban J connectivity index is 1.33. The van der Waals surface area contributed by atoms with Crippen LogP contribution in [-0.2, 0) is 11.2 Å². The fourth-order valence-corrected chi connectivity index (χ4v) is 3.06. The fourth-order valence-electron chi connectivity index (χ4n) is 2.43. The third kappa shape index (κ3) is 3.63. The van der Waals surface area contributed by atoms with Gasteiger partial charge in [0.25, 0.3) is 0 Å². The number of carbonyl (C=O) groups excluding carboxylic acids is 1. The molecule has 2 aromatic heterocycles. The number of hydrogen-bond donors (Lipinski definition) is 1. The molecular weight excluding hydrogens is 342 g/mol. The number of aryl methyl sites for hydroxylation is 1. The highest BCUT2D eigenvalue weighted by molar-refractivity contribution is 7.08. The Morgan fingerprint density at radius 1 is 1.20 bits per heavy atom. The molecule has 0 atom stereocenters. The lowest BCUT2D eigenvalue weighted by atomic mass is 10.2. The van der Waals surface area contributed by atoms with Crippen LogP contribution in [0.5, 0.6) is 11.5 Å². The van der Waals surface area contributed by atoms with E-state index in [2.05, 4.69) is 15.5 Å². The Labute approximate surface area is 147 Å². The molecule has 3 aromatic rings. The molecule has 0 aliphatic carbocycles. The van der Waals surface area contributed by atoms with Gasteiger partial charge in [0.1, 0.15) is 13.2 Å². The number of amides is 1. The first-order valence-electron chi connectivity index (χ1n) is 7.82. The van der Waals surface area contributed by atoms with E-state index in [0.29, 0.717) is 48.5 Å². The van der Waals surface area contributed by atoms with Gasteiger partial charge in [-0.25, -0.2) is 0 Å². The smallest absolute Gasteiger partial charge is 0.227 e. The maximum atomic E-state index is 12.1. The average molecular weight is 357 g/mol. The molecule has 7 nitrogen and oxygen atoms in total. The largest absolute Gasteiger partial charge is 0.486 e. The van der Waals surface area contributed by atoms with Gasteiger partial charge in [0.2, 0.25) is 17.6 Å². The van der Waals surface area contributed by atoms with Crippen molar-refractivity contribution >= 4 is 22.9 Å². The summed E-state index contributed by atoms with van der Waals surface area (Å²) in [6, 6.07) is 7.25. The Morgan fingerprint density at radius 2 is 2.08 bits per heavy atom. The molecule has 1 aromatic carbocycles. The lowest BCUT2D eigenvalue weighted by Gasteiger charge is -2.18. The summed E-state index contributed by atoms with van der Waals surface area (Å²) in [5.41, 5.74) is 1.58. The van der Waals surface area contributed by atoms with Crippen molar-refractivity contribution in [3.8, 4) is 22.9 Å². The van der Waals surface area contributed by atoms with Gasteiger partial charge in [-0.2, -0.15) is 16.3 Å². The number of anilines is 1. The Kier molecular flexibility index (Phi) is 4.34. The van der Waals surface area contributed by atoms with E-state index in [9.17, 15) is 4.79 Å². The van der Waals surface area contributed by atoms with Crippen LogP contribution in [-0.4, -0.2) is 29.3 Å². The molecule has 25 heavy (non-hydrogen) atoms. The van der Waals surface area contributed by atoms with Crippen molar-refractivity contribution < 1.29 is 18.8 Å². The summed E-state index contributed by atoms with van der Waals surface area (Å²) in [5, 5.41) is 10.7. The molecule has 4 rings (SSSR count). The van der Waals surface area contributed by atoms with Crippen LogP contribution in [0.15, 0.2) is 39.5 Å². The van der Waals surface area contributed by atoms with Crippen molar-refractivity contribution in [2.24, 2.45) is 0 Å². The zero-order valence-corrected chi connectivity index (χ0v) is 14.0. The highest BCUT2D eigenvalue weighted by atomic mass is 32.1. The molecule has 1 aliphatic rings. The van der Waals surface area contributed by atoms with Crippen LogP contribution < -0.4 is 14.8 Å². The van der Waals surface area contributed by atoms with Crippen LogP contribution in [0, 0.1) is 0 Å². The number of nitrogens with one attached hydrogen (secondary N) is 1. The van der Waals surface area contributed by atoms with Crippen LogP contribution in [0.4, 0.5) is 5.69 Å². The number of ether oxygens (including phenoxy) is 2. The molecule has 0 saturated carbocycles. The van der Waals surface area contributed by atoms with Crippen LogP contribution >= 0.6 is 11.3 Å². The highest BCUT2D eigenvalue weighted by Gasteiger charge is 2.14. The topological polar surface area (TPSA) is 86.5 Å². The van der Waals surface area contributed by atoms with Gasteiger partial charge in [-0.05, 0) is 23.6 Å². The second-order valence-corrected chi connectivity index (χ2v) is 6.21. The number of hydrogen-bond acceptors (Lipinski definition) is 7. The van der Waals surface area contributed by atoms with Gasteiger partial charge in [-0.1, -0.05) is 5.16 Å². The summed E-state index contributed by atoms with van der Waals surface area (Å²) in [7, 11) is 0. The van der Waals surface area contributed by atoms with Gasteiger partial charge < -0.3 is 19.3 Å². The molecule has 1 N–H and O–H groups in total. The summed E-state index contributed by atoms with van der Waals surface area (Å²) in [6.07, 6.45) is 0.632. The van der Waals surface area contributed by atoms with Crippen LogP contribution in [0.3, 0.4) is 0 Å². The van der Waals surface area contributed by atoms with Gasteiger partial charge in [0.15, 0.2) is 11.5 Å². The number of carbonyl (C=O) groups is 1. The van der Waals surface area contributed by atoms with Crippen molar-refractivity contribution in [3.63, 3.8) is 0 Å². The normalized spacial score (nSPS) is 12.8. The molecule has 0 radical (unpaired) electrons. The minimum Gasteiger partial charge on any atom is -0.486 e. The first-order chi connectivity index (χ1) is 12.3. The maximum absolute atomic E-state index is 12.1. The van der Waals surface area contributed by atoms with E-state index in [1.54, 1.807) is 29.5 Å². The second-order valence-electron chi connectivity index (χ2n) is 5.43. The Hall–Kier alpha value is -2.87. The van der Waals surface area contributed by atoms with Crippen molar-refractivity contribution in [2.75, 3.05) is 18.5 Å². The van der Waals surface area contributed by atoms with Crippen molar-refractivity contribution in [2.45, 2.75) is 12.8 Å². The number of fused-ring (bicyclic) bond motifs is 1. The van der Waals surface area contributed by atoms with Crippen molar-refractivity contribution in [1.29, 1.82) is 0 Å². The molecule has 128 valence electrons. The van der Waals surface area contributed by atoms with Gasteiger partial charge in [-0.15, -0.1) is 0 Å². The Bertz CT molecular complexity index is 876. The van der Waals surface area contributed by atoms with Crippen LogP contribution in [0.1, 0.15) is 12.3 Å². The average Bonchev–Trinajstić information content (AvgIpc) is 3.31. The van der Waals surface area contributed by atoms with Gasteiger partial charge in [-0.3, -0.25) is 4.79 Å². The third-order valence-corrected chi connectivity index (χ3v) is 4.32. The van der Waals surface area contributed by atoms with E-state index in [1.807, 2.05) is 16.8 Å². The molecule has 1 amide bonds. The first kappa shape index (κ1) is 15.6. The quantitative estimate of drug-likeness (QED) is 0.755. The van der Waals surface area contributed by atoms with E-state index in [1.165, 1.54) is 0 Å². The number of nitrogens with zero attached hydrogens (tertiary/aromatic N) is 2. The second kappa shape index (κ2) is 6.94. The SMILES string of the molecule is O=C(CCc1nc(-c2ccsc2)no1)Nc1ccc2c(c1)OCCO2. The van der Waals surface area contributed by atoms with Gasteiger partial charge in [0.05, 0.1) is 0 Å². The monoisotopic (exact) mass is 357 g/mol. The maximum Gasteiger partial charge on any atom is 0.227 e. The molecule has 3 heterocycles. The standard InChI is InChI=1S/C17H15N3O4S/c21-15(18-12-1-2-13-14(9-12)23-7-6-22-13)3-4-16-19-17(20-24-16)11-5-8-25-10-11/h1-2,5,8-10H,3-4,6-7H2,(H,18,21). The molecule has 0 saturated heterocycles. The zero-order valence-electron chi connectivity index (χ0n) is 13.2. The zero-order chi connectivity index (χ0) is 17.1. The summed E-state index contributed by atoms with van der Waals surface area (Å²) < 4.78 is 16.2. The highest BCUT2D eigenvalue weighted by Crippen LogP contribution is 2.32. The molecule has 0 fully saturated rings. The van der Waals surface area contributed by atoms with Crippen molar-refractivity contribution in [1.82, 2.24) is 10.1 Å². The van der Waals surface area contributed by atoms with E-state index in [0.717, 1.165) is 5.56 Å². The molecular formula is C17H15N3O4S. The fraction of sp³-hybridized carbons (Fsp3) is 0.235. The minimum absolute atomic E-state index is 0.132. The van der Waals surface area contributed by atoms with E-state index < -0.39 is 0 Å². The van der Waals surface area contributed by atoms with Crippen LogP contribution in [0.2, 0.25) is 0 Å². The molecule has 0 spiro atoms. The van der Waals surface area contributed by atoms with Gasteiger partial charge in [0, 0.05) is 35.5 Å². The van der Waals surface area contributed by atoms with Gasteiger partial charge >= 0.3 is 0 Å². The molecule has 0 unspecified atom stereocenters. The first-order valence-corrected chi connectivity index (χ1v) is 8.77. The summed E-state index contributed by atoms with van der Waals surface area (Å²) in [4.78, 5) is 16.4. The van der Waals surface area contributed by atoms with Crippen LogP contribution in [0.25, 0.3) is 11.4 Å². The Morgan fingerprint density at radius 3 is 2.92 bits per heavy atom. The summed E-state index contributed by atoms with van der Waals surface area (Å²) >= 11 is 1.57. The number of aromatic nitrogens is 2.